The molecule has 0 fully saturated rings. The number of hydrogen-bond donors (Lipinski definition) is 3. The Morgan fingerprint density at radius 1 is 0.763 bits per heavy atom. The van der Waals surface area contributed by atoms with Crippen LogP contribution in [0.2, 0.25) is 0 Å². The summed E-state index contributed by atoms with van der Waals surface area (Å²) in [6.45, 7) is 0.458. The average Bonchev–Trinajstić information content (AvgIpc) is 2.91. The number of carbonyl (C=O) groups excluding carboxylic acids is 2. The molecule has 0 saturated heterocycles. The number of carbonyl (C=O) groups is 2. The van der Waals surface area contributed by atoms with Crippen LogP contribution in [0.1, 0.15) is 6.42 Å². The van der Waals surface area contributed by atoms with Crippen LogP contribution in [0.25, 0.3) is 0 Å². The molecule has 0 radical (unpaired) electrons. The largest absolute Gasteiger partial charge is 0.457 e. The lowest BCUT2D eigenvalue weighted by Gasteiger charge is -2.24. The number of halogens is 2. The predicted molar refractivity (Wildman–Crippen MR) is 144 cm³/mol. The Morgan fingerprint density at radius 3 is 2.21 bits per heavy atom. The Bertz CT molecular complexity index is 1370. The summed E-state index contributed by atoms with van der Waals surface area (Å²) in [4.78, 5) is 26.7. The monoisotopic (exact) mass is 516 g/mol. The Kier molecular flexibility index (Phi) is 8.85. The van der Waals surface area contributed by atoms with Gasteiger partial charge in [-0.3, -0.25) is 4.90 Å². The summed E-state index contributed by atoms with van der Waals surface area (Å²) in [6, 6.07) is 26.6. The van der Waals surface area contributed by atoms with Crippen molar-refractivity contribution < 1.29 is 23.1 Å². The summed E-state index contributed by atoms with van der Waals surface area (Å²) < 4.78 is 33.3. The second-order valence-electron chi connectivity index (χ2n) is 8.22. The smallest absolute Gasteiger partial charge is 0.326 e. The molecule has 194 valence electrons. The third-order valence-corrected chi connectivity index (χ3v) is 5.41. The summed E-state index contributed by atoms with van der Waals surface area (Å²) >= 11 is 0. The zero-order valence-corrected chi connectivity index (χ0v) is 20.4. The SMILES string of the molecule is O=C(NCCCN(C(=O)Nc1ccccc1F)c1ccc(Oc2ccccc2)cc1)Nc1cccc(F)c1. The summed E-state index contributed by atoms with van der Waals surface area (Å²) in [5.74, 6) is 0.254. The number of para-hydroxylation sites is 2. The van der Waals surface area contributed by atoms with Crippen LogP contribution in [0, 0.1) is 11.6 Å². The van der Waals surface area contributed by atoms with Crippen LogP contribution in [0.4, 0.5) is 35.4 Å². The standard InChI is InChI=1S/C29H26F2N4O3/c30-21-8-6-9-22(20-21)33-28(36)32-18-7-19-35(29(37)34-27-13-5-4-12-26(27)31)23-14-16-25(17-15-23)38-24-10-2-1-3-11-24/h1-6,8-17,20H,7,18-19H2,(H,34,37)(H2,32,33,36). The fraction of sp³-hybridized carbons (Fsp3) is 0.103. The van der Waals surface area contributed by atoms with Crippen LogP contribution in [0.3, 0.4) is 0 Å². The van der Waals surface area contributed by atoms with E-state index in [1.807, 2.05) is 30.3 Å². The number of ether oxygens (including phenoxy) is 1. The summed E-state index contributed by atoms with van der Waals surface area (Å²) in [7, 11) is 0. The molecule has 0 bridgehead atoms. The van der Waals surface area contributed by atoms with E-state index in [0.29, 0.717) is 29.3 Å². The number of nitrogens with zero attached hydrogens (tertiary/aromatic N) is 1. The molecular weight excluding hydrogens is 490 g/mol. The molecule has 38 heavy (non-hydrogen) atoms. The molecule has 4 aromatic rings. The highest BCUT2D eigenvalue weighted by atomic mass is 19.1. The van der Waals surface area contributed by atoms with Crippen LogP contribution < -0.4 is 25.6 Å². The zero-order valence-electron chi connectivity index (χ0n) is 20.4. The van der Waals surface area contributed by atoms with Gasteiger partial charge in [0.1, 0.15) is 23.1 Å². The number of urea groups is 2. The van der Waals surface area contributed by atoms with Gasteiger partial charge in [-0.25, -0.2) is 18.4 Å². The first-order chi connectivity index (χ1) is 18.5. The minimum absolute atomic E-state index is 0.0547. The van der Waals surface area contributed by atoms with E-state index in [2.05, 4.69) is 16.0 Å². The Labute approximate surface area is 219 Å². The minimum atomic E-state index is -0.553. The fourth-order valence-corrected chi connectivity index (χ4v) is 3.59. The van der Waals surface area contributed by atoms with E-state index < -0.39 is 23.7 Å². The van der Waals surface area contributed by atoms with E-state index >= 15 is 0 Å². The third kappa shape index (κ3) is 7.54. The number of hydrogen-bond acceptors (Lipinski definition) is 3. The maximum atomic E-state index is 14.1. The number of amides is 4. The van der Waals surface area contributed by atoms with Gasteiger partial charge in [-0.2, -0.15) is 0 Å². The second-order valence-corrected chi connectivity index (χ2v) is 8.22. The van der Waals surface area contributed by atoms with Crippen molar-refractivity contribution in [1.29, 1.82) is 0 Å². The second kappa shape index (κ2) is 12.9. The summed E-state index contributed by atoms with van der Waals surface area (Å²) in [6.07, 6.45) is 0.392. The van der Waals surface area contributed by atoms with Gasteiger partial charge in [0.05, 0.1) is 5.69 Å². The van der Waals surface area contributed by atoms with Gasteiger partial charge in [0, 0.05) is 24.5 Å². The van der Waals surface area contributed by atoms with E-state index in [9.17, 15) is 18.4 Å². The molecule has 0 spiro atoms. The molecule has 4 aromatic carbocycles. The van der Waals surface area contributed by atoms with Crippen LogP contribution in [-0.4, -0.2) is 25.2 Å². The maximum absolute atomic E-state index is 14.1. The van der Waals surface area contributed by atoms with Crippen molar-refractivity contribution in [1.82, 2.24) is 5.32 Å². The molecule has 0 aliphatic heterocycles. The van der Waals surface area contributed by atoms with Crippen LogP contribution >= 0.6 is 0 Å². The molecule has 0 aliphatic rings. The van der Waals surface area contributed by atoms with E-state index in [0.717, 1.165) is 0 Å². The zero-order chi connectivity index (χ0) is 26.7. The van der Waals surface area contributed by atoms with Crippen molar-refractivity contribution in [3.63, 3.8) is 0 Å². The molecule has 3 N–H and O–H groups in total. The predicted octanol–water partition coefficient (Wildman–Crippen LogP) is 7.01. The fourth-order valence-electron chi connectivity index (χ4n) is 3.59. The highest BCUT2D eigenvalue weighted by Crippen LogP contribution is 2.25. The molecular formula is C29H26F2N4O3. The first kappa shape index (κ1) is 26.2. The molecule has 0 saturated carbocycles. The maximum Gasteiger partial charge on any atom is 0.326 e. The van der Waals surface area contributed by atoms with E-state index in [1.54, 1.807) is 36.4 Å². The van der Waals surface area contributed by atoms with E-state index in [1.165, 1.54) is 41.3 Å². The number of anilines is 3. The average molecular weight is 517 g/mol. The van der Waals surface area contributed by atoms with Gasteiger partial charge in [0.15, 0.2) is 0 Å². The van der Waals surface area contributed by atoms with Crippen LogP contribution in [0.5, 0.6) is 11.5 Å². The van der Waals surface area contributed by atoms with Gasteiger partial charge in [-0.05, 0) is 73.2 Å². The molecule has 0 atom stereocenters. The lowest BCUT2D eigenvalue weighted by molar-refractivity contribution is 0.252. The first-order valence-electron chi connectivity index (χ1n) is 11.9. The molecule has 4 rings (SSSR count). The number of benzene rings is 4. The Hall–Kier alpha value is -4.92. The van der Waals surface area contributed by atoms with Gasteiger partial charge in [-0.1, -0.05) is 36.4 Å². The molecule has 0 heterocycles. The molecule has 9 heteroatoms. The molecule has 0 aromatic heterocycles. The topological polar surface area (TPSA) is 82.7 Å². The van der Waals surface area contributed by atoms with Crippen molar-refractivity contribution in [3.8, 4) is 11.5 Å². The van der Waals surface area contributed by atoms with E-state index in [4.69, 9.17) is 4.74 Å². The highest BCUT2D eigenvalue weighted by Gasteiger charge is 2.17. The third-order valence-electron chi connectivity index (χ3n) is 5.41. The summed E-state index contributed by atoms with van der Waals surface area (Å²) in [5, 5.41) is 7.83. The van der Waals surface area contributed by atoms with Crippen LogP contribution in [-0.2, 0) is 0 Å². The van der Waals surface area contributed by atoms with Crippen molar-refractivity contribution in [2.75, 3.05) is 28.6 Å². The Balaban J connectivity index is 1.40. The normalized spacial score (nSPS) is 10.4. The molecule has 4 amide bonds. The van der Waals surface area contributed by atoms with Crippen molar-refractivity contribution in [2.24, 2.45) is 0 Å². The number of rotatable bonds is 9. The van der Waals surface area contributed by atoms with Gasteiger partial charge >= 0.3 is 12.1 Å². The van der Waals surface area contributed by atoms with Gasteiger partial charge in [0.2, 0.25) is 0 Å². The minimum Gasteiger partial charge on any atom is -0.457 e. The number of nitrogens with one attached hydrogen (secondary N) is 3. The lowest BCUT2D eigenvalue weighted by Crippen LogP contribution is -2.38. The molecule has 0 aliphatic carbocycles. The quantitative estimate of drug-likeness (QED) is 0.209. The van der Waals surface area contributed by atoms with Gasteiger partial charge in [-0.15, -0.1) is 0 Å². The van der Waals surface area contributed by atoms with Crippen LogP contribution in [0.15, 0.2) is 103 Å². The van der Waals surface area contributed by atoms with Gasteiger partial charge < -0.3 is 20.7 Å². The van der Waals surface area contributed by atoms with Crippen molar-refractivity contribution in [2.45, 2.75) is 6.42 Å². The lowest BCUT2D eigenvalue weighted by atomic mass is 10.2. The highest BCUT2D eigenvalue weighted by molar-refractivity contribution is 6.01. The van der Waals surface area contributed by atoms with E-state index in [-0.39, 0.29) is 18.8 Å². The molecule has 7 nitrogen and oxygen atoms in total. The summed E-state index contributed by atoms with van der Waals surface area (Å²) in [5.41, 5.74) is 0.939. The van der Waals surface area contributed by atoms with Crippen molar-refractivity contribution >= 4 is 29.1 Å². The van der Waals surface area contributed by atoms with Gasteiger partial charge in [0.25, 0.3) is 0 Å². The van der Waals surface area contributed by atoms with Crippen molar-refractivity contribution in [3.05, 3.63) is 115 Å². The Morgan fingerprint density at radius 2 is 1.47 bits per heavy atom. The first-order valence-corrected chi connectivity index (χ1v) is 11.9. The molecule has 0 unspecified atom stereocenters.